The van der Waals surface area contributed by atoms with Gasteiger partial charge in [0.25, 0.3) is 0 Å². The molecule has 2 N–H and O–H groups in total. The van der Waals surface area contributed by atoms with Crippen LogP contribution < -0.4 is 5.32 Å². The van der Waals surface area contributed by atoms with Gasteiger partial charge in [0.15, 0.2) is 0 Å². The molecule has 0 spiro atoms. The van der Waals surface area contributed by atoms with Crippen molar-refractivity contribution in [1.82, 2.24) is 5.32 Å². The Morgan fingerprint density at radius 2 is 2.06 bits per heavy atom. The predicted octanol–water partition coefficient (Wildman–Crippen LogP) is 0.139. The summed E-state index contributed by atoms with van der Waals surface area (Å²) in [5.41, 5.74) is 0. The van der Waals surface area contributed by atoms with E-state index < -0.39 is 48.1 Å². The molecule has 6 heteroatoms. The molecule has 1 heterocycles. The number of carboxylic acid groups (broad SMARTS) is 1. The fourth-order valence-corrected chi connectivity index (χ4v) is 1.86. The van der Waals surface area contributed by atoms with Crippen LogP contribution in [0.5, 0.6) is 0 Å². The minimum absolute atomic E-state index is 0.421. The topological polar surface area (TPSA) is 83.5 Å². The molecule has 4 atom stereocenters. The number of Topliss-reactive ketones (excluding diaryl/α,β-unsaturated/α-hetero) is 1. The summed E-state index contributed by atoms with van der Waals surface area (Å²) in [7, 11) is 0. The zero-order valence-electron chi connectivity index (χ0n) is 9.07. The van der Waals surface area contributed by atoms with Gasteiger partial charge in [-0.25, -0.2) is 4.39 Å². The average Bonchev–Trinajstić information content (AvgIpc) is 2.10. The monoisotopic (exact) mass is 231 g/mol. The number of hydrogen-bond acceptors (Lipinski definition) is 3. The highest BCUT2D eigenvalue weighted by molar-refractivity contribution is 5.98. The molecule has 0 unspecified atom stereocenters. The number of carbonyl (C=O) groups is 3. The molecule has 0 aromatic carbocycles. The molecule has 16 heavy (non-hydrogen) atoms. The van der Waals surface area contributed by atoms with Crippen molar-refractivity contribution in [3.63, 3.8) is 0 Å². The molecule has 0 aromatic heterocycles. The first-order chi connectivity index (χ1) is 7.34. The highest BCUT2D eigenvalue weighted by Crippen LogP contribution is 2.28. The average molecular weight is 231 g/mol. The second kappa shape index (κ2) is 4.59. The number of ketones is 1. The molecule has 0 aromatic rings. The van der Waals surface area contributed by atoms with E-state index in [1.54, 1.807) is 0 Å². The number of carboxylic acids is 1. The normalized spacial score (nSPS) is 27.6. The van der Waals surface area contributed by atoms with Gasteiger partial charge in [-0.1, -0.05) is 6.92 Å². The van der Waals surface area contributed by atoms with E-state index >= 15 is 0 Å². The van der Waals surface area contributed by atoms with E-state index in [2.05, 4.69) is 5.32 Å². The maximum Gasteiger partial charge on any atom is 0.310 e. The number of carbonyl (C=O) groups excluding carboxylic acids is 2. The van der Waals surface area contributed by atoms with Crippen molar-refractivity contribution in [1.29, 1.82) is 0 Å². The number of amides is 1. The molecule has 0 radical (unpaired) electrons. The number of rotatable bonds is 5. The van der Waals surface area contributed by atoms with Crippen molar-refractivity contribution >= 4 is 17.7 Å². The zero-order chi connectivity index (χ0) is 12.5. The maximum absolute atomic E-state index is 13.0. The van der Waals surface area contributed by atoms with Crippen molar-refractivity contribution in [3.8, 4) is 0 Å². The number of aliphatic carboxylic acids is 1. The minimum Gasteiger partial charge on any atom is -0.481 e. The first-order valence-corrected chi connectivity index (χ1v) is 5.03. The number of halogens is 1. The Kier molecular flexibility index (Phi) is 3.62. The van der Waals surface area contributed by atoms with Gasteiger partial charge in [0.2, 0.25) is 5.91 Å². The van der Waals surface area contributed by atoms with Gasteiger partial charge in [0, 0.05) is 5.92 Å². The molecule has 1 fully saturated rings. The SMILES string of the molecule is C[C@H](C(=O)CC(=O)O)[C@H]1NC(=O)[C@@H]1[C@@H](C)F. The smallest absolute Gasteiger partial charge is 0.310 e. The Bertz CT molecular complexity index is 329. The molecule has 0 bridgehead atoms. The fraction of sp³-hybridized carbons (Fsp3) is 0.700. The Labute approximate surface area is 92.0 Å². The van der Waals surface area contributed by atoms with Gasteiger partial charge in [-0.3, -0.25) is 14.4 Å². The lowest BCUT2D eigenvalue weighted by Gasteiger charge is -2.40. The van der Waals surface area contributed by atoms with Crippen molar-refractivity contribution in [2.24, 2.45) is 11.8 Å². The van der Waals surface area contributed by atoms with Crippen LogP contribution in [0, 0.1) is 11.8 Å². The number of hydrogen-bond donors (Lipinski definition) is 2. The third-order valence-electron chi connectivity index (χ3n) is 2.87. The molecule has 1 rings (SSSR count). The van der Waals surface area contributed by atoms with Crippen LogP contribution in [0.15, 0.2) is 0 Å². The molecule has 0 saturated carbocycles. The van der Waals surface area contributed by atoms with Crippen molar-refractivity contribution in [2.45, 2.75) is 32.5 Å². The summed E-state index contributed by atoms with van der Waals surface area (Å²) < 4.78 is 13.0. The van der Waals surface area contributed by atoms with Crippen LogP contribution >= 0.6 is 0 Å². The van der Waals surface area contributed by atoms with Gasteiger partial charge in [0.05, 0.1) is 12.0 Å². The number of β-lactam (4-membered cyclic amide) rings is 1. The van der Waals surface area contributed by atoms with Crippen LogP contribution in [0.1, 0.15) is 20.3 Å². The van der Waals surface area contributed by atoms with Gasteiger partial charge in [-0.15, -0.1) is 0 Å². The van der Waals surface area contributed by atoms with Crippen LogP contribution in [0.2, 0.25) is 0 Å². The van der Waals surface area contributed by atoms with Crippen LogP contribution in [0.25, 0.3) is 0 Å². The second-order valence-corrected chi connectivity index (χ2v) is 4.06. The summed E-state index contributed by atoms with van der Waals surface area (Å²) >= 11 is 0. The van der Waals surface area contributed by atoms with Crippen molar-refractivity contribution in [2.75, 3.05) is 0 Å². The van der Waals surface area contributed by atoms with E-state index in [0.717, 1.165) is 0 Å². The predicted molar refractivity (Wildman–Crippen MR) is 52.4 cm³/mol. The lowest BCUT2D eigenvalue weighted by atomic mass is 9.77. The van der Waals surface area contributed by atoms with Gasteiger partial charge < -0.3 is 10.4 Å². The van der Waals surface area contributed by atoms with Gasteiger partial charge in [0.1, 0.15) is 18.4 Å². The molecule has 5 nitrogen and oxygen atoms in total. The Morgan fingerprint density at radius 3 is 2.44 bits per heavy atom. The molecule has 90 valence electrons. The van der Waals surface area contributed by atoms with Crippen molar-refractivity contribution in [3.05, 3.63) is 0 Å². The number of alkyl halides is 1. The third kappa shape index (κ3) is 2.37. The summed E-state index contributed by atoms with van der Waals surface area (Å²) in [6.07, 6.45) is -1.93. The van der Waals surface area contributed by atoms with Crippen molar-refractivity contribution < 1.29 is 23.9 Å². The molecular formula is C10H14FNO4. The molecule has 1 amide bonds. The molecule has 1 aliphatic rings. The standard InChI is InChI=1S/C10H14FNO4/c1-4(6(13)3-7(14)15)9-8(5(2)11)10(16)12-9/h4-5,8-9H,3H2,1-2H3,(H,12,16)(H,14,15)/t4-,5-,8-,9-/m1/s1. The van der Waals surface area contributed by atoms with E-state index in [4.69, 9.17) is 5.11 Å². The molecule has 0 aliphatic carbocycles. The van der Waals surface area contributed by atoms with Crippen LogP contribution in [-0.2, 0) is 14.4 Å². The quantitative estimate of drug-likeness (QED) is 0.520. The minimum atomic E-state index is -1.33. The maximum atomic E-state index is 13.0. The first-order valence-electron chi connectivity index (χ1n) is 5.03. The molecule has 1 saturated heterocycles. The Morgan fingerprint density at radius 1 is 1.50 bits per heavy atom. The highest BCUT2D eigenvalue weighted by Gasteiger charge is 2.47. The zero-order valence-corrected chi connectivity index (χ0v) is 9.07. The molecule has 1 aliphatic heterocycles. The summed E-state index contributed by atoms with van der Waals surface area (Å²) in [6.45, 7) is 2.76. The fourth-order valence-electron chi connectivity index (χ4n) is 1.86. The largest absolute Gasteiger partial charge is 0.481 e. The van der Waals surface area contributed by atoms with E-state index in [-0.39, 0.29) is 0 Å². The summed E-state index contributed by atoms with van der Waals surface area (Å²) in [4.78, 5) is 32.8. The third-order valence-corrected chi connectivity index (χ3v) is 2.87. The molecular weight excluding hydrogens is 217 g/mol. The van der Waals surface area contributed by atoms with E-state index in [1.807, 2.05) is 0 Å². The number of nitrogens with one attached hydrogen (secondary N) is 1. The van der Waals surface area contributed by atoms with Gasteiger partial charge >= 0.3 is 5.97 Å². The van der Waals surface area contributed by atoms with Crippen LogP contribution in [0.3, 0.4) is 0 Å². The summed E-state index contributed by atoms with van der Waals surface area (Å²) in [6, 6.07) is -0.584. The van der Waals surface area contributed by atoms with Gasteiger partial charge in [-0.05, 0) is 6.92 Å². The van der Waals surface area contributed by atoms with Crippen LogP contribution in [0.4, 0.5) is 4.39 Å². The van der Waals surface area contributed by atoms with E-state index in [9.17, 15) is 18.8 Å². The summed E-state index contributed by atoms with van der Waals surface area (Å²) in [5.74, 6) is -3.64. The lowest BCUT2D eigenvalue weighted by Crippen LogP contribution is -2.64. The Balaban J connectivity index is 2.61. The van der Waals surface area contributed by atoms with Gasteiger partial charge in [-0.2, -0.15) is 0 Å². The first kappa shape index (κ1) is 12.6. The van der Waals surface area contributed by atoms with E-state index in [0.29, 0.717) is 0 Å². The summed E-state index contributed by atoms with van der Waals surface area (Å²) in [5, 5.41) is 10.9. The lowest BCUT2D eigenvalue weighted by molar-refractivity contribution is -0.144. The highest BCUT2D eigenvalue weighted by atomic mass is 19.1. The Hall–Kier alpha value is -1.46. The second-order valence-electron chi connectivity index (χ2n) is 4.06. The van der Waals surface area contributed by atoms with E-state index in [1.165, 1.54) is 13.8 Å². The van der Waals surface area contributed by atoms with Crippen LogP contribution in [-0.4, -0.2) is 35.0 Å².